The maximum absolute atomic E-state index is 12.2. The highest BCUT2D eigenvalue weighted by Gasteiger charge is 2.47. The second kappa shape index (κ2) is 5.01. The van der Waals surface area contributed by atoms with Gasteiger partial charge in [0.25, 0.3) is 0 Å². The third-order valence-electron chi connectivity index (χ3n) is 3.30. The minimum atomic E-state index is -1.13. The minimum Gasteiger partial charge on any atom is -0.312 e. The first-order valence-corrected chi connectivity index (χ1v) is 6.28. The van der Waals surface area contributed by atoms with Crippen molar-refractivity contribution < 1.29 is 9.59 Å². The zero-order valence-electron chi connectivity index (χ0n) is 10.5. The van der Waals surface area contributed by atoms with Gasteiger partial charge in [0, 0.05) is 6.20 Å². The molecule has 0 unspecified atom stereocenters. The van der Waals surface area contributed by atoms with Crippen molar-refractivity contribution >= 4 is 23.4 Å². The average molecular weight is 280 g/mol. The topological polar surface area (TPSA) is 71.1 Å². The molecule has 0 radical (unpaired) electrons. The fraction of sp³-hybridized carbons (Fsp3) is 0.308. The number of halogens is 1. The zero-order chi connectivity index (χ0) is 14.0. The summed E-state index contributed by atoms with van der Waals surface area (Å²) in [7, 11) is 0. The maximum Gasteiger partial charge on any atom is 0.241 e. The van der Waals surface area contributed by atoms with Gasteiger partial charge in [0.15, 0.2) is 0 Å². The van der Waals surface area contributed by atoms with Crippen LogP contribution in [-0.4, -0.2) is 16.8 Å². The van der Waals surface area contributed by atoms with Crippen molar-refractivity contribution in [2.75, 3.05) is 0 Å². The van der Waals surface area contributed by atoms with E-state index in [9.17, 15) is 9.59 Å². The summed E-state index contributed by atoms with van der Waals surface area (Å²) in [6.07, 6.45) is 2.24. The molecule has 2 amide bonds. The van der Waals surface area contributed by atoms with Crippen LogP contribution >= 0.6 is 11.6 Å². The normalized spacial score (nSPS) is 17.9. The van der Waals surface area contributed by atoms with E-state index in [0.717, 1.165) is 5.56 Å². The molecule has 2 N–H and O–H groups in total. The van der Waals surface area contributed by atoms with Crippen LogP contribution in [0.5, 0.6) is 0 Å². The van der Waals surface area contributed by atoms with Gasteiger partial charge in [0.05, 0.1) is 0 Å². The minimum absolute atomic E-state index is 0.216. The van der Waals surface area contributed by atoms with Gasteiger partial charge in [0.2, 0.25) is 11.8 Å². The lowest BCUT2D eigenvalue weighted by Gasteiger charge is -2.34. The van der Waals surface area contributed by atoms with Gasteiger partial charge < -0.3 is 10.6 Å². The van der Waals surface area contributed by atoms with Crippen LogP contribution in [0.2, 0.25) is 5.15 Å². The molecule has 19 heavy (non-hydrogen) atoms. The fourth-order valence-corrected chi connectivity index (χ4v) is 2.23. The SMILES string of the molecule is C=C1NC(=O)C(CC)(Cc2ccc(Cl)nc2)C(=O)N1. The lowest BCUT2D eigenvalue weighted by atomic mass is 9.76. The van der Waals surface area contributed by atoms with Crippen molar-refractivity contribution in [3.05, 3.63) is 41.4 Å². The van der Waals surface area contributed by atoms with Gasteiger partial charge >= 0.3 is 0 Å². The number of amides is 2. The predicted molar refractivity (Wildman–Crippen MR) is 71.1 cm³/mol. The summed E-state index contributed by atoms with van der Waals surface area (Å²) in [6, 6.07) is 3.40. The average Bonchev–Trinajstić information content (AvgIpc) is 2.36. The van der Waals surface area contributed by atoms with Crippen LogP contribution in [0.25, 0.3) is 0 Å². The number of aromatic nitrogens is 1. The van der Waals surface area contributed by atoms with Crippen molar-refractivity contribution in [2.24, 2.45) is 5.41 Å². The van der Waals surface area contributed by atoms with Gasteiger partial charge in [0.1, 0.15) is 16.4 Å². The van der Waals surface area contributed by atoms with E-state index in [0.29, 0.717) is 11.6 Å². The summed E-state index contributed by atoms with van der Waals surface area (Å²) in [5.41, 5.74) is -0.347. The molecular weight excluding hydrogens is 266 g/mol. The molecule has 1 saturated heterocycles. The van der Waals surface area contributed by atoms with Crippen LogP contribution < -0.4 is 10.6 Å². The number of carbonyl (C=O) groups is 2. The van der Waals surface area contributed by atoms with E-state index >= 15 is 0 Å². The molecule has 0 bridgehead atoms. The molecule has 1 fully saturated rings. The first-order chi connectivity index (χ1) is 8.98. The standard InChI is InChI=1S/C13H14ClN3O2/c1-3-13(6-9-4-5-10(14)15-7-9)11(18)16-8(2)17-12(13)19/h4-5,7H,2-3,6H2,1H3,(H,16,18)(H,17,19). The number of nitrogens with one attached hydrogen (secondary N) is 2. The Morgan fingerprint density at radius 1 is 1.32 bits per heavy atom. The molecule has 0 aliphatic carbocycles. The maximum atomic E-state index is 12.2. The summed E-state index contributed by atoms with van der Waals surface area (Å²) in [5, 5.41) is 5.52. The molecule has 0 saturated carbocycles. The number of pyridine rings is 1. The highest BCUT2D eigenvalue weighted by atomic mass is 35.5. The number of carbonyl (C=O) groups excluding carboxylic acids is 2. The van der Waals surface area contributed by atoms with E-state index in [1.54, 1.807) is 25.3 Å². The van der Waals surface area contributed by atoms with E-state index in [1.165, 1.54) is 0 Å². The van der Waals surface area contributed by atoms with Crippen molar-refractivity contribution in [1.29, 1.82) is 0 Å². The summed E-state index contributed by atoms with van der Waals surface area (Å²) >= 11 is 5.72. The Bertz CT molecular complexity index is 519. The molecule has 1 aliphatic rings. The lowest BCUT2D eigenvalue weighted by Crippen LogP contribution is -2.58. The number of hydrogen-bond donors (Lipinski definition) is 2. The van der Waals surface area contributed by atoms with Crippen LogP contribution in [0, 0.1) is 5.41 Å². The van der Waals surface area contributed by atoms with Crippen LogP contribution in [0.1, 0.15) is 18.9 Å². The third kappa shape index (κ3) is 2.46. The second-order valence-electron chi connectivity index (χ2n) is 4.49. The smallest absolute Gasteiger partial charge is 0.241 e. The molecular formula is C13H14ClN3O2. The Balaban J connectivity index is 2.32. The van der Waals surface area contributed by atoms with Crippen molar-refractivity contribution in [2.45, 2.75) is 19.8 Å². The summed E-state index contributed by atoms with van der Waals surface area (Å²) < 4.78 is 0. The van der Waals surface area contributed by atoms with Crippen molar-refractivity contribution in [1.82, 2.24) is 15.6 Å². The second-order valence-corrected chi connectivity index (χ2v) is 4.88. The zero-order valence-corrected chi connectivity index (χ0v) is 11.3. The molecule has 0 aromatic carbocycles. The van der Waals surface area contributed by atoms with Gasteiger partial charge in [-0.3, -0.25) is 9.59 Å². The summed E-state index contributed by atoms with van der Waals surface area (Å²) in [5.74, 6) is -0.453. The summed E-state index contributed by atoms with van der Waals surface area (Å²) in [4.78, 5) is 28.3. The number of rotatable bonds is 3. The van der Waals surface area contributed by atoms with E-state index in [2.05, 4.69) is 22.2 Å². The first-order valence-electron chi connectivity index (χ1n) is 5.90. The Morgan fingerprint density at radius 2 is 1.95 bits per heavy atom. The van der Waals surface area contributed by atoms with E-state index in [4.69, 9.17) is 11.6 Å². The highest BCUT2D eigenvalue weighted by Crippen LogP contribution is 2.30. The van der Waals surface area contributed by atoms with Crippen LogP contribution in [0.3, 0.4) is 0 Å². The third-order valence-corrected chi connectivity index (χ3v) is 3.52. The van der Waals surface area contributed by atoms with Crippen molar-refractivity contribution in [3.8, 4) is 0 Å². The van der Waals surface area contributed by atoms with Crippen molar-refractivity contribution in [3.63, 3.8) is 0 Å². The molecule has 100 valence electrons. The number of nitrogens with zero attached hydrogens (tertiary/aromatic N) is 1. The molecule has 0 spiro atoms. The monoisotopic (exact) mass is 279 g/mol. The molecule has 1 aromatic heterocycles. The summed E-state index contributed by atoms with van der Waals surface area (Å²) in [6.45, 7) is 5.34. The van der Waals surface area contributed by atoms with E-state index in [1.807, 2.05) is 0 Å². The number of hydrogen-bond acceptors (Lipinski definition) is 3. The Hall–Kier alpha value is -1.88. The Morgan fingerprint density at radius 3 is 2.42 bits per heavy atom. The predicted octanol–water partition coefficient (Wildman–Crippen LogP) is 1.39. The molecule has 0 atom stereocenters. The van der Waals surface area contributed by atoms with E-state index in [-0.39, 0.29) is 24.1 Å². The molecule has 5 nitrogen and oxygen atoms in total. The molecule has 2 rings (SSSR count). The fourth-order valence-electron chi connectivity index (χ4n) is 2.11. The highest BCUT2D eigenvalue weighted by molar-refractivity contribution is 6.29. The Labute approximate surface area is 116 Å². The molecule has 1 aromatic rings. The van der Waals surface area contributed by atoms with E-state index < -0.39 is 5.41 Å². The molecule has 2 heterocycles. The largest absolute Gasteiger partial charge is 0.312 e. The van der Waals surface area contributed by atoms with Gasteiger partial charge in [-0.25, -0.2) is 4.98 Å². The quantitative estimate of drug-likeness (QED) is 0.649. The van der Waals surface area contributed by atoms with Crippen LogP contribution in [0.4, 0.5) is 0 Å². The van der Waals surface area contributed by atoms with Crippen LogP contribution in [-0.2, 0) is 16.0 Å². The van der Waals surface area contributed by atoms with Gasteiger partial charge in [-0.1, -0.05) is 31.2 Å². The van der Waals surface area contributed by atoms with Gasteiger partial charge in [-0.2, -0.15) is 0 Å². The lowest BCUT2D eigenvalue weighted by molar-refractivity contribution is -0.145. The van der Waals surface area contributed by atoms with Gasteiger partial charge in [-0.05, 0) is 24.5 Å². The van der Waals surface area contributed by atoms with Crippen LogP contribution in [0.15, 0.2) is 30.7 Å². The molecule has 6 heteroatoms. The van der Waals surface area contributed by atoms with Gasteiger partial charge in [-0.15, -0.1) is 0 Å². The molecule has 1 aliphatic heterocycles. The Kier molecular flexibility index (Phi) is 3.57. The first kappa shape index (κ1) is 13.5.